The highest BCUT2D eigenvalue weighted by atomic mass is 15.0. The number of hydrogen-bond acceptors (Lipinski definition) is 6. The molecular formula is C16H16N6. The minimum atomic E-state index is 0.432. The second kappa shape index (κ2) is 4.91. The van der Waals surface area contributed by atoms with Crippen LogP contribution in [-0.4, -0.2) is 19.9 Å². The van der Waals surface area contributed by atoms with Gasteiger partial charge in [0.25, 0.3) is 0 Å². The van der Waals surface area contributed by atoms with Crippen LogP contribution in [-0.2, 0) is 0 Å². The van der Waals surface area contributed by atoms with Crippen LogP contribution in [0.25, 0.3) is 22.3 Å². The zero-order chi connectivity index (χ0) is 15.1. The van der Waals surface area contributed by atoms with Crippen molar-refractivity contribution in [3.8, 4) is 11.4 Å². The van der Waals surface area contributed by atoms with Crippen molar-refractivity contribution in [3.63, 3.8) is 0 Å². The summed E-state index contributed by atoms with van der Waals surface area (Å²) in [6.45, 7) is 0. The third-order valence-electron chi connectivity index (χ3n) is 4.25. The molecule has 1 saturated carbocycles. The second-order valence-electron chi connectivity index (χ2n) is 5.65. The van der Waals surface area contributed by atoms with Crippen LogP contribution in [0.3, 0.4) is 0 Å². The standard InChI is InChI=1S/C16H16N6/c17-13-6-10(4-5-20-13)16-21-12-8-19-7-11(9-2-1-3-9)14(12)15(18)22-16/h4-9H,1-3H2,(H2,17,20)(H2,18,21,22). The largest absolute Gasteiger partial charge is 0.384 e. The highest BCUT2D eigenvalue weighted by Gasteiger charge is 2.23. The number of nitrogens with two attached hydrogens (primary N) is 2. The molecule has 0 spiro atoms. The molecule has 0 radical (unpaired) electrons. The summed E-state index contributed by atoms with van der Waals surface area (Å²) in [6.07, 6.45) is 8.90. The third-order valence-corrected chi connectivity index (χ3v) is 4.25. The first-order valence-corrected chi connectivity index (χ1v) is 7.35. The molecule has 22 heavy (non-hydrogen) atoms. The lowest BCUT2D eigenvalue weighted by molar-refractivity contribution is 0.421. The van der Waals surface area contributed by atoms with Crippen molar-refractivity contribution in [2.24, 2.45) is 0 Å². The fraction of sp³-hybridized carbons (Fsp3) is 0.250. The Labute approximate surface area is 127 Å². The van der Waals surface area contributed by atoms with Crippen LogP contribution in [0, 0.1) is 0 Å². The van der Waals surface area contributed by atoms with Crippen LogP contribution in [0.2, 0.25) is 0 Å². The van der Waals surface area contributed by atoms with Crippen LogP contribution in [0.1, 0.15) is 30.7 Å². The summed E-state index contributed by atoms with van der Waals surface area (Å²) in [5.74, 6) is 2.01. The zero-order valence-electron chi connectivity index (χ0n) is 12.0. The molecular weight excluding hydrogens is 276 g/mol. The molecule has 0 amide bonds. The van der Waals surface area contributed by atoms with E-state index in [4.69, 9.17) is 11.5 Å². The molecule has 110 valence electrons. The minimum absolute atomic E-state index is 0.432. The topological polar surface area (TPSA) is 104 Å². The van der Waals surface area contributed by atoms with Gasteiger partial charge in [-0.25, -0.2) is 15.0 Å². The number of fused-ring (bicyclic) bond motifs is 1. The summed E-state index contributed by atoms with van der Waals surface area (Å²) in [7, 11) is 0. The van der Waals surface area contributed by atoms with E-state index in [2.05, 4.69) is 19.9 Å². The molecule has 4 rings (SSSR count). The van der Waals surface area contributed by atoms with Crippen LogP contribution in [0.5, 0.6) is 0 Å². The Hall–Kier alpha value is -2.76. The van der Waals surface area contributed by atoms with Gasteiger partial charge >= 0.3 is 0 Å². The van der Waals surface area contributed by atoms with Crippen molar-refractivity contribution in [1.29, 1.82) is 0 Å². The molecule has 6 nitrogen and oxygen atoms in total. The smallest absolute Gasteiger partial charge is 0.162 e. The van der Waals surface area contributed by atoms with Gasteiger partial charge in [-0.05, 0) is 36.5 Å². The molecule has 0 atom stereocenters. The number of hydrogen-bond donors (Lipinski definition) is 2. The molecule has 0 aromatic carbocycles. The number of aromatic nitrogens is 4. The minimum Gasteiger partial charge on any atom is -0.384 e. The van der Waals surface area contributed by atoms with Crippen molar-refractivity contribution < 1.29 is 0 Å². The lowest BCUT2D eigenvalue weighted by Gasteiger charge is -2.26. The number of nitrogens with zero attached hydrogens (tertiary/aromatic N) is 4. The fourth-order valence-electron chi connectivity index (χ4n) is 2.88. The summed E-state index contributed by atoms with van der Waals surface area (Å²) in [5.41, 5.74) is 14.7. The van der Waals surface area contributed by atoms with E-state index in [0.29, 0.717) is 23.4 Å². The van der Waals surface area contributed by atoms with Gasteiger partial charge in [0, 0.05) is 23.3 Å². The number of pyridine rings is 2. The maximum atomic E-state index is 6.22. The first-order chi connectivity index (χ1) is 10.7. The molecule has 1 aliphatic rings. The highest BCUT2D eigenvalue weighted by molar-refractivity contribution is 5.92. The Morgan fingerprint density at radius 1 is 1.09 bits per heavy atom. The molecule has 6 heteroatoms. The average molecular weight is 292 g/mol. The van der Waals surface area contributed by atoms with E-state index in [-0.39, 0.29) is 0 Å². The maximum Gasteiger partial charge on any atom is 0.162 e. The van der Waals surface area contributed by atoms with Crippen molar-refractivity contribution in [2.45, 2.75) is 25.2 Å². The molecule has 1 aliphatic carbocycles. The van der Waals surface area contributed by atoms with E-state index in [0.717, 1.165) is 16.5 Å². The van der Waals surface area contributed by atoms with Gasteiger partial charge in [-0.3, -0.25) is 4.98 Å². The van der Waals surface area contributed by atoms with Crippen LogP contribution in [0.4, 0.5) is 11.6 Å². The van der Waals surface area contributed by atoms with E-state index in [1.54, 1.807) is 18.5 Å². The highest BCUT2D eigenvalue weighted by Crippen LogP contribution is 2.40. The fourth-order valence-corrected chi connectivity index (χ4v) is 2.88. The second-order valence-corrected chi connectivity index (χ2v) is 5.65. The third kappa shape index (κ3) is 2.04. The van der Waals surface area contributed by atoms with Crippen LogP contribution in [0.15, 0.2) is 30.7 Å². The first-order valence-electron chi connectivity index (χ1n) is 7.35. The van der Waals surface area contributed by atoms with Crippen molar-refractivity contribution in [2.75, 3.05) is 11.5 Å². The van der Waals surface area contributed by atoms with E-state index in [1.807, 2.05) is 12.3 Å². The summed E-state index contributed by atoms with van der Waals surface area (Å²) >= 11 is 0. The number of rotatable bonds is 2. The Morgan fingerprint density at radius 2 is 1.95 bits per heavy atom. The number of anilines is 2. The first kappa shape index (κ1) is 12.9. The molecule has 0 saturated heterocycles. The van der Waals surface area contributed by atoms with E-state index >= 15 is 0 Å². The van der Waals surface area contributed by atoms with Gasteiger partial charge in [0.1, 0.15) is 11.6 Å². The lowest BCUT2D eigenvalue weighted by atomic mass is 9.79. The normalized spacial score (nSPS) is 14.9. The predicted molar refractivity (Wildman–Crippen MR) is 86.0 cm³/mol. The Balaban J connectivity index is 1.90. The summed E-state index contributed by atoms with van der Waals surface area (Å²) in [6, 6.07) is 3.56. The van der Waals surface area contributed by atoms with Gasteiger partial charge in [0.05, 0.1) is 11.7 Å². The van der Waals surface area contributed by atoms with Gasteiger partial charge < -0.3 is 11.5 Å². The summed E-state index contributed by atoms with van der Waals surface area (Å²) in [4.78, 5) is 17.4. The molecule has 3 aromatic rings. The van der Waals surface area contributed by atoms with Gasteiger partial charge in [-0.2, -0.15) is 0 Å². The van der Waals surface area contributed by atoms with Crippen LogP contribution >= 0.6 is 0 Å². The molecule has 0 bridgehead atoms. The SMILES string of the molecule is Nc1cc(-c2nc(N)c3c(C4CCC4)cncc3n2)ccn1. The van der Waals surface area contributed by atoms with Gasteiger partial charge in [-0.1, -0.05) is 6.42 Å². The summed E-state index contributed by atoms with van der Waals surface area (Å²) in [5, 5.41) is 0.936. The van der Waals surface area contributed by atoms with Gasteiger partial charge in [-0.15, -0.1) is 0 Å². The molecule has 3 aromatic heterocycles. The monoisotopic (exact) mass is 292 g/mol. The van der Waals surface area contributed by atoms with E-state index < -0.39 is 0 Å². The molecule has 1 fully saturated rings. The summed E-state index contributed by atoms with van der Waals surface area (Å²) < 4.78 is 0. The Kier molecular flexibility index (Phi) is 2.89. The average Bonchev–Trinajstić information content (AvgIpc) is 2.45. The van der Waals surface area contributed by atoms with Crippen molar-refractivity contribution in [3.05, 3.63) is 36.3 Å². The Morgan fingerprint density at radius 3 is 2.68 bits per heavy atom. The molecule has 3 heterocycles. The molecule has 0 aliphatic heterocycles. The Bertz CT molecular complexity index is 856. The quantitative estimate of drug-likeness (QED) is 0.752. The van der Waals surface area contributed by atoms with Crippen molar-refractivity contribution in [1.82, 2.24) is 19.9 Å². The zero-order valence-corrected chi connectivity index (χ0v) is 12.0. The number of nitrogen functional groups attached to an aromatic ring is 2. The maximum absolute atomic E-state index is 6.22. The molecule has 4 N–H and O–H groups in total. The lowest BCUT2D eigenvalue weighted by Crippen LogP contribution is -2.11. The van der Waals surface area contributed by atoms with Crippen molar-refractivity contribution >= 4 is 22.5 Å². The molecule has 0 unspecified atom stereocenters. The van der Waals surface area contributed by atoms with Gasteiger partial charge in [0.15, 0.2) is 5.82 Å². The van der Waals surface area contributed by atoms with Crippen LogP contribution < -0.4 is 11.5 Å². The predicted octanol–water partition coefficient (Wildman–Crippen LogP) is 2.52. The van der Waals surface area contributed by atoms with E-state index in [9.17, 15) is 0 Å². The van der Waals surface area contributed by atoms with Gasteiger partial charge in [0.2, 0.25) is 0 Å². The van der Waals surface area contributed by atoms with E-state index in [1.165, 1.54) is 24.8 Å².